The summed E-state index contributed by atoms with van der Waals surface area (Å²) in [5.41, 5.74) is 0.491. The van der Waals surface area contributed by atoms with Crippen molar-refractivity contribution in [1.29, 1.82) is 0 Å². The summed E-state index contributed by atoms with van der Waals surface area (Å²) < 4.78 is 0.997. The van der Waals surface area contributed by atoms with Crippen LogP contribution in [0.4, 0.5) is 0 Å². The first-order valence-electron chi connectivity index (χ1n) is 3.05. The van der Waals surface area contributed by atoms with Gasteiger partial charge in [-0.2, -0.15) is 0 Å². The number of carbonyl (C=O) groups excluding carboxylic acids is 1. The third-order valence-corrected chi connectivity index (χ3v) is 1.34. The molecule has 1 rings (SSSR count). The van der Waals surface area contributed by atoms with Gasteiger partial charge in [-0.25, -0.2) is 0 Å². The van der Waals surface area contributed by atoms with Crippen LogP contribution in [0.3, 0.4) is 0 Å². The number of aromatic nitrogens is 1. The van der Waals surface area contributed by atoms with Gasteiger partial charge < -0.3 is 0 Å². The minimum Gasteiger partial charge on any atom is -0.268 e. The van der Waals surface area contributed by atoms with Crippen molar-refractivity contribution in [3.05, 3.63) is 30.1 Å². The van der Waals surface area contributed by atoms with Gasteiger partial charge in [-0.3, -0.25) is 14.2 Å². The molecule has 0 aliphatic rings. The summed E-state index contributed by atoms with van der Waals surface area (Å²) in [6.45, 7) is 0. The molecule has 0 unspecified atom stereocenters. The van der Waals surface area contributed by atoms with E-state index in [0.717, 1.165) is 4.42 Å². The highest BCUT2D eigenvalue weighted by Gasteiger charge is 2.07. The van der Waals surface area contributed by atoms with Crippen molar-refractivity contribution in [2.45, 2.75) is 0 Å². The molecule has 0 aliphatic heterocycles. The average Bonchev–Trinajstić information content (AvgIpc) is 2.05. The van der Waals surface area contributed by atoms with E-state index in [1.165, 1.54) is 13.2 Å². The van der Waals surface area contributed by atoms with Crippen LogP contribution in [0.25, 0.3) is 0 Å². The summed E-state index contributed by atoms with van der Waals surface area (Å²) in [5.74, 6) is -0.250. The number of carbonyl (C=O) groups is 1. The largest absolute Gasteiger partial charge is 0.269 e. The molecular weight excluding hydrogens is 164 g/mol. The van der Waals surface area contributed by atoms with Crippen molar-refractivity contribution in [3.8, 4) is 0 Å². The maximum absolute atomic E-state index is 11.1. The molecule has 58 valence electrons. The Balaban J connectivity index is 2.86. The van der Waals surface area contributed by atoms with Crippen LogP contribution in [0.2, 0.25) is 0 Å². The fourth-order valence-corrected chi connectivity index (χ4v) is 0.765. The van der Waals surface area contributed by atoms with Gasteiger partial charge in [0.25, 0.3) is 5.91 Å². The lowest BCUT2D eigenvalue weighted by atomic mass is 10.3. The minimum atomic E-state index is -0.250. The molecule has 0 radical (unpaired) electrons. The summed E-state index contributed by atoms with van der Waals surface area (Å²) in [6, 6.07) is 3.35. The van der Waals surface area contributed by atoms with Crippen molar-refractivity contribution < 1.29 is 4.79 Å². The average molecular weight is 171 g/mol. The normalized spacial score (nSPS) is 9.27. The molecule has 11 heavy (non-hydrogen) atoms. The second kappa shape index (κ2) is 3.34. The molecule has 0 saturated heterocycles. The van der Waals surface area contributed by atoms with Crippen LogP contribution in [0.15, 0.2) is 24.5 Å². The molecular formula is C7H7ClN2O. The first-order valence-corrected chi connectivity index (χ1v) is 3.39. The number of pyridine rings is 1. The fraction of sp³-hybridized carbons (Fsp3) is 0.143. The van der Waals surface area contributed by atoms with Gasteiger partial charge in [0.05, 0.1) is 5.56 Å². The maximum Gasteiger partial charge on any atom is 0.269 e. The monoisotopic (exact) mass is 170 g/mol. The number of amides is 1. The molecule has 1 aromatic rings. The molecule has 3 nitrogen and oxygen atoms in total. The predicted molar refractivity (Wildman–Crippen MR) is 42.2 cm³/mol. The standard InChI is InChI=1S/C7H7ClN2O/c1-10(8)7(11)6-3-2-4-9-5-6/h2-5H,1H3. The lowest BCUT2D eigenvalue weighted by Crippen LogP contribution is -2.16. The summed E-state index contributed by atoms with van der Waals surface area (Å²) in [5, 5.41) is 0. The Kier molecular flexibility index (Phi) is 2.44. The van der Waals surface area contributed by atoms with E-state index in [0.29, 0.717) is 5.56 Å². The third-order valence-electron chi connectivity index (χ3n) is 1.19. The van der Waals surface area contributed by atoms with Crippen molar-refractivity contribution in [2.75, 3.05) is 7.05 Å². The van der Waals surface area contributed by atoms with Crippen LogP contribution in [-0.2, 0) is 0 Å². The first kappa shape index (κ1) is 8.01. The first-order chi connectivity index (χ1) is 5.22. The van der Waals surface area contributed by atoms with Crippen LogP contribution in [0.1, 0.15) is 10.4 Å². The second-order valence-corrected chi connectivity index (χ2v) is 2.53. The molecule has 0 aromatic carbocycles. The lowest BCUT2D eigenvalue weighted by molar-refractivity contribution is 0.0884. The van der Waals surface area contributed by atoms with Crippen LogP contribution in [-0.4, -0.2) is 22.4 Å². The van der Waals surface area contributed by atoms with E-state index < -0.39 is 0 Å². The molecule has 1 aromatic heterocycles. The van der Waals surface area contributed by atoms with Crippen LogP contribution < -0.4 is 0 Å². The Morgan fingerprint density at radius 2 is 2.45 bits per heavy atom. The Morgan fingerprint density at radius 1 is 1.73 bits per heavy atom. The van der Waals surface area contributed by atoms with E-state index >= 15 is 0 Å². The van der Waals surface area contributed by atoms with E-state index in [1.807, 2.05) is 0 Å². The smallest absolute Gasteiger partial charge is 0.268 e. The Bertz CT molecular complexity index is 248. The van der Waals surface area contributed by atoms with E-state index in [-0.39, 0.29) is 5.91 Å². The molecule has 1 amide bonds. The van der Waals surface area contributed by atoms with Crippen LogP contribution in [0, 0.1) is 0 Å². The van der Waals surface area contributed by atoms with Crippen molar-refractivity contribution in [1.82, 2.24) is 9.40 Å². The highest BCUT2D eigenvalue weighted by atomic mass is 35.5. The zero-order chi connectivity index (χ0) is 8.27. The number of rotatable bonds is 1. The fourth-order valence-electron chi connectivity index (χ4n) is 0.667. The molecule has 0 N–H and O–H groups in total. The molecule has 0 saturated carbocycles. The maximum atomic E-state index is 11.1. The zero-order valence-electron chi connectivity index (χ0n) is 5.99. The van der Waals surface area contributed by atoms with E-state index in [4.69, 9.17) is 11.8 Å². The number of halogens is 1. The van der Waals surface area contributed by atoms with Gasteiger partial charge in [-0.1, -0.05) is 0 Å². The van der Waals surface area contributed by atoms with E-state index in [1.54, 1.807) is 18.3 Å². The highest BCUT2D eigenvalue weighted by molar-refractivity contribution is 6.23. The van der Waals surface area contributed by atoms with Gasteiger partial charge in [0, 0.05) is 31.2 Å². The number of hydrogen-bond acceptors (Lipinski definition) is 2. The van der Waals surface area contributed by atoms with Crippen molar-refractivity contribution in [2.24, 2.45) is 0 Å². The van der Waals surface area contributed by atoms with Gasteiger partial charge in [-0.15, -0.1) is 0 Å². The van der Waals surface area contributed by atoms with Gasteiger partial charge in [0.2, 0.25) is 0 Å². The molecule has 0 atom stereocenters. The molecule has 4 heteroatoms. The number of nitrogens with zero attached hydrogens (tertiary/aromatic N) is 2. The summed E-state index contributed by atoms with van der Waals surface area (Å²) in [4.78, 5) is 14.9. The minimum absolute atomic E-state index is 0.250. The zero-order valence-corrected chi connectivity index (χ0v) is 6.75. The van der Waals surface area contributed by atoms with Crippen molar-refractivity contribution in [3.63, 3.8) is 0 Å². The molecule has 0 spiro atoms. The Morgan fingerprint density at radius 3 is 2.91 bits per heavy atom. The molecule has 0 bridgehead atoms. The summed E-state index contributed by atoms with van der Waals surface area (Å²) >= 11 is 5.42. The van der Waals surface area contributed by atoms with Gasteiger partial charge >= 0.3 is 0 Å². The second-order valence-electron chi connectivity index (χ2n) is 2.02. The molecule has 1 heterocycles. The SMILES string of the molecule is CN(Cl)C(=O)c1cccnc1. The van der Waals surface area contributed by atoms with Crippen LogP contribution in [0.5, 0.6) is 0 Å². The summed E-state index contributed by atoms with van der Waals surface area (Å²) in [6.07, 6.45) is 3.08. The predicted octanol–water partition coefficient (Wildman–Crippen LogP) is 1.31. The summed E-state index contributed by atoms with van der Waals surface area (Å²) in [7, 11) is 1.48. The Labute approximate surface area is 69.7 Å². The quantitative estimate of drug-likeness (QED) is 0.596. The van der Waals surface area contributed by atoms with Gasteiger partial charge in [0.15, 0.2) is 0 Å². The number of hydrogen-bond donors (Lipinski definition) is 0. The van der Waals surface area contributed by atoms with Gasteiger partial charge in [-0.05, 0) is 12.1 Å². The molecule has 0 fully saturated rings. The highest BCUT2D eigenvalue weighted by Crippen LogP contribution is 2.01. The third kappa shape index (κ3) is 1.91. The Hall–Kier alpha value is -1.09. The molecule has 0 aliphatic carbocycles. The van der Waals surface area contributed by atoms with E-state index in [9.17, 15) is 4.79 Å². The van der Waals surface area contributed by atoms with Gasteiger partial charge in [0.1, 0.15) is 0 Å². The van der Waals surface area contributed by atoms with E-state index in [2.05, 4.69) is 4.98 Å². The van der Waals surface area contributed by atoms with Crippen molar-refractivity contribution >= 4 is 17.7 Å². The lowest BCUT2D eigenvalue weighted by Gasteiger charge is -2.04. The topological polar surface area (TPSA) is 33.2 Å². The van der Waals surface area contributed by atoms with Crippen LogP contribution >= 0.6 is 11.8 Å².